The number of aliphatic hydroxyl groups excluding tert-OH is 2. The zero-order valence-corrected chi connectivity index (χ0v) is 18.1. The molecule has 3 heterocycles. The van der Waals surface area contributed by atoms with Crippen LogP contribution in [0, 0.1) is 0 Å². The molecule has 0 aromatic heterocycles. The first kappa shape index (κ1) is 25.9. The van der Waals surface area contributed by atoms with Crippen molar-refractivity contribution in [2.24, 2.45) is 0 Å². The Labute approximate surface area is 179 Å². The molecule has 30 heavy (non-hydrogen) atoms. The first-order valence-electron chi connectivity index (χ1n) is 11.0. The third kappa shape index (κ3) is 13.1. The summed E-state index contributed by atoms with van der Waals surface area (Å²) in [6, 6.07) is 0. The number of ether oxygens (including phenoxy) is 6. The first-order chi connectivity index (χ1) is 14.7. The van der Waals surface area contributed by atoms with E-state index in [1.54, 1.807) is 0 Å². The van der Waals surface area contributed by atoms with E-state index in [0.717, 1.165) is 0 Å². The van der Waals surface area contributed by atoms with Crippen LogP contribution < -0.4 is 0 Å². The van der Waals surface area contributed by atoms with Gasteiger partial charge in [0.05, 0.1) is 91.5 Å². The number of hydrogen-bond acceptors (Lipinski definition) is 10. The van der Waals surface area contributed by atoms with Gasteiger partial charge < -0.3 is 38.6 Å². The fourth-order valence-corrected chi connectivity index (χ4v) is 3.27. The molecule has 0 aromatic rings. The van der Waals surface area contributed by atoms with E-state index in [9.17, 15) is 10.2 Å². The van der Waals surface area contributed by atoms with E-state index >= 15 is 0 Å². The van der Waals surface area contributed by atoms with Gasteiger partial charge in [0, 0.05) is 39.3 Å². The van der Waals surface area contributed by atoms with Crippen molar-refractivity contribution in [3.8, 4) is 0 Å². The Morgan fingerprint density at radius 3 is 1.07 bits per heavy atom. The molecule has 3 aliphatic rings. The maximum absolute atomic E-state index is 10.3. The fraction of sp³-hybridized carbons (Fsp3) is 1.00. The van der Waals surface area contributed by atoms with Crippen LogP contribution >= 0.6 is 0 Å². The Morgan fingerprint density at radius 1 is 0.433 bits per heavy atom. The molecule has 0 aliphatic carbocycles. The van der Waals surface area contributed by atoms with Gasteiger partial charge in [0.25, 0.3) is 0 Å². The van der Waals surface area contributed by atoms with Crippen molar-refractivity contribution in [1.82, 2.24) is 9.80 Å². The molecular weight excluding hydrogens is 396 g/mol. The van der Waals surface area contributed by atoms with Crippen LogP contribution in [0.2, 0.25) is 0 Å². The maximum Gasteiger partial charge on any atom is 0.0900 e. The van der Waals surface area contributed by atoms with E-state index in [1.165, 1.54) is 0 Å². The molecule has 0 spiro atoms. The van der Waals surface area contributed by atoms with Gasteiger partial charge in [-0.2, -0.15) is 0 Å². The van der Waals surface area contributed by atoms with Crippen LogP contribution in [-0.4, -0.2) is 151 Å². The van der Waals surface area contributed by atoms with Gasteiger partial charge in [0.1, 0.15) is 0 Å². The Kier molecular flexibility index (Phi) is 14.8. The number of fused-ring (bicyclic) bond motifs is 23. The minimum Gasteiger partial charge on any atom is -0.389 e. The summed E-state index contributed by atoms with van der Waals surface area (Å²) in [7, 11) is 0. The molecule has 10 nitrogen and oxygen atoms in total. The predicted octanol–water partition coefficient (Wildman–Crippen LogP) is -1.56. The lowest BCUT2D eigenvalue weighted by atomic mass is 10.3. The molecule has 3 rings (SSSR count). The molecule has 3 fully saturated rings. The zero-order valence-electron chi connectivity index (χ0n) is 18.1. The van der Waals surface area contributed by atoms with Crippen LogP contribution in [0.3, 0.4) is 0 Å². The summed E-state index contributed by atoms with van der Waals surface area (Å²) in [5.74, 6) is 0. The molecule has 0 radical (unpaired) electrons. The van der Waals surface area contributed by atoms with E-state index in [0.29, 0.717) is 105 Å². The summed E-state index contributed by atoms with van der Waals surface area (Å²) in [6.45, 7) is 9.33. The first-order valence-corrected chi connectivity index (χ1v) is 11.0. The van der Waals surface area contributed by atoms with Crippen LogP contribution in [0.25, 0.3) is 0 Å². The van der Waals surface area contributed by atoms with E-state index in [4.69, 9.17) is 28.4 Å². The van der Waals surface area contributed by atoms with Gasteiger partial charge in [-0.3, -0.25) is 9.80 Å². The van der Waals surface area contributed by atoms with Gasteiger partial charge in [-0.1, -0.05) is 0 Å². The van der Waals surface area contributed by atoms with Gasteiger partial charge in [-0.25, -0.2) is 0 Å². The largest absolute Gasteiger partial charge is 0.389 e. The van der Waals surface area contributed by atoms with Crippen molar-refractivity contribution in [3.05, 3.63) is 0 Å². The average molecular weight is 437 g/mol. The molecule has 3 aliphatic heterocycles. The Balaban J connectivity index is 1.95. The Morgan fingerprint density at radius 2 is 0.733 bits per heavy atom. The summed E-state index contributed by atoms with van der Waals surface area (Å²) < 4.78 is 33.8. The van der Waals surface area contributed by atoms with Crippen LogP contribution in [0.5, 0.6) is 0 Å². The molecule has 0 aromatic carbocycles. The van der Waals surface area contributed by atoms with Gasteiger partial charge in [0.15, 0.2) is 0 Å². The van der Waals surface area contributed by atoms with E-state index in [2.05, 4.69) is 9.80 Å². The van der Waals surface area contributed by atoms with Crippen molar-refractivity contribution in [2.75, 3.05) is 119 Å². The van der Waals surface area contributed by atoms with Crippen LogP contribution in [0.1, 0.15) is 0 Å². The molecule has 178 valence electrons. The molecule has 10 heteroatoms. The highest BCUT2D eigenvalue weighted by molar-refractivity contribution is 4.66. The van der Waals surface area contributed by atoms with E-state index in [-0.39, 0.29) is 13.2 Å². The Bertz CT molecular complexity index is 351. The lowest BCUT2D eigenvalue weighted by molar-refractivity contribution is -0.0409. The van der Waals surface area contributed by atoms with Gasteiger partial charge >= 0.3 is 0 Å². The lowest BCUT2D eigenvalue weighted by Crippen LogP contribution is -2.40. The molecular formula is C20H40N2O8. The van der Waals surface area contributed by atoms with Gasteiger partial charge in [0.2, 0.25) is 0 Å². The smallest absolute Gasteiger partial charge is 0.0900 e. The predicted molar refractivity (Wildman–Crippen MR) is 110 cm³/mol. The SMILES string of the molecule is OC1COCCOCC(O)CN2CCOCCOCCN(CCOCCOCC2)C1. The minimum atomic E-state index is -0.605. The minimum absolute atomic E-state index is 0.236. The third-order valence-electron chi connectivity index (χ3n) is 4.88. The summed E-state index contributed by atoms with van der Waals surface area (Å²) in [6.07, 6.45) is -1.21. The number of rotatable bonds is 0. The normalized spacial score (nSPS) is 33.8. The Hall–Kier alpha value is -0.400. The van der Waals surface area contributed by atoms with E-state index in [1.807, 2.05) is 0 Å². The van der Waals surface area contributed by atoms with Gasteiger partial charge in [-0.05, 0) is 0 Å². The number of aliphatic hydroxyl groups is 2. The lowest BCUT2D eigenvalue weighted by Gasteiger charge is -2.26. The summed E-state index contributed by atoms with van der Waals surface area (Å²) in [4.78, 5) is 4.23. The average Bonchev–Trinajstić information content (AvgIpc) is 2.72. The summed E-state index contributed by atoms with van der Waals surface area (Å²) >= 11 is 0. The number of nitrogens with zero attached hydrogens (tertiary/aromatic N) is 2. The number of hydrogen-bond donors (Lipinski definition) is 2. The second-order valence-electron chi connectivity index (χ2n) is 7.51. The molecule has 3 saturated heterocycles. The molecule has 0 saturated carbocycles. The molecule has 2 N–H and O–H groups in total. The van der Waals surface area contributed by atoms with Crippen molar-refractivity contribution in [1.29, 1.82) is 0 Å². The van der Waals surface area contributed by atoms with Crippen LogP contribution in [-0.2, 0) is 28.4 Å². The second kappa shape index (κ2) is 17.2. The van der Waals surface area contributed by atoms with Crippen molar-refractivity contribution >= 4 is 0 Å². The topological polar surface area (TPSA) is 102 Å². The summed E-state index contributed by atoms with van der Waals surface area (Å²) in [5, 5.41) is 20.6. The maximum atomic E-state index is 10.3. The van der Waals surface area contributed by atoms with Gasteiger partial charge in [-0.15, -0.1) is 0 Å². The van der Waals surface area contributed by atoms with Crippen LogP contribution in [0.4, 0.5) is 0 Å². The molecule has 2 atom stereocenters. The second-order valence-corrected chi connectivity index (χ2v) is 7.51. The highest BCUT2D eigenvalue weighted by Crippen LogP contribution is 1.99. The highest BCUT2D eigenvalue weighted by Gasteiger charge is 2.15. The fourth-order valence-electron chi connectivity index (χ4n) is 3.27. The highest BCUT2D eigenvalue weighted by atomic mass is 16.5. The third-order valence-corrected chi connectivity index (χ3v) is 4.88. The summed E-state index contributed by atoms with van der Waals surface area (Å²) in [5.41, 5.74) is 0. The van der Waals surface area contributed by atoms with Crippen molar-refractivity contribution < 1.29 is 38.6 Å². The molecule has 2 unspecified atom stereocenters. The zero-order chi connectivity index (χ0) is 21.3. The standard InChI is InChI=1S/C20H40N2O8/c23-19-15-21-1-5-25-9-10-27-7-3-22(4-8-28-12-11-26-6-2-21)16-20(24)18-30-14-13-29-17-19/h19-20,23-24H,1-18H2. The van der Waals surface area contributed by atoms with E-state index < -0.39 is 12.2 Å². The van der Waals surface area contributed by atoms with Crippen molar-refractivity contribution in [3.63, 3.8) is 0 Å². The molecule has 2 bridgehead atoms. The monoisotopic (exact) mass is 436 g/mol. The molecule has 0 amide bonds. The quantitative estimate of drug-likeness (QED) is 0.463. The van der Waals surface area contributed by atoms with Crippen molar-refractivity contribution in [2.45, 2.75) is 12.2 Å². The van der Waals surface area contributed by atoms with Crippen LogP contribution in [0.15, 0.2) is 0 Å².